The van der Waals surface area contributed by atoms with Gasteiger partial charge >= 0.3 is 8.25 Å². The summed E-state index contributed by atoms with van der Waals surface area (Å²) in [6.07, 6.45) is 0.0693. The third kappa shape index (κ3) is 4.72. The largest absolute Gasteiger partial charge is 0.697 e. The molecule has 2 unspecified atom stereocenters. The van der Waals surface area contributed by atoms with E-state index in [1.54, 1.807) is 6.20 Å². The first kappa shape index (κ1) is 18.8. The highest BCUT2D eigenvalue weighted by Gasteiger charge is 2.55. The van der Waals surface area contributed by atoms with E-state index in [0.29, 0.717) is 0 Å². The number of hydrogen-bond donors (Lipinski definition) is 1. The lowest BCUT2D eigenvalue weighted by atomic mass is 10.1. The highest BCUT2D eigenvalue weighted by atomic mass is 31.1. The van der Waals surface area contributed by atoms with Crippen LogP contribution in [0.3, 0.4) is 0 Å². The van der Waals surface area contributed by atoms with E-state index < -0.39 is 20.1 Å². The van der Waals surface area contributed by atoms with Crippen molar-refractivity contribution >= 4 is 8.25 Å². The zero-order chi connectivity index (χ0) is 17.2. The lowest BCUT2D eigenvalue weighted by Gasteiger charge is -2.23. The number of hydrogen-bond acceptors (Lipinski definition) is 7. The molecule has 0 aromatic heterocycles. The van der Waals surface area contributed by atoms with Crippen LogP contribution in [0.1, 0.15) is 34.6 Å². The minimum absolute atomic E-state index is 0.107. The first-order valence-electron chi connectivity index (χ1n) is 7.88. The van der Waals surface area contributed by atoms with Gasteiger partial charge in [-0.2, -0.15) is 0 Å². The molecular weight excluding hydrogens is 321 g/mol. The maximum atomic E-state index is 11.9. The Morgan fingerprint density at radius 2 is 1.96 bits per heavy atom. The van der Waals surface area contributed by atoms with Crippen LogP contribution < -0.4 is 5.32 Å². The van der Waals surface area contributed by atoms with E-state index in [1.165, 1.54) is 0 Å². The standard InChI is InChI=1S/C15H27NO6P/c1-7-16-14-13-12(20-15(5,6)21-13)11(19-14)8-18-23(17)22-10(4)9(2)3/h7,9-14,16H,1,8H2,2-6H3/q+1/t10-,11?,12-,13-,14-/m1/s1. The van der Waals surface area contributed by atoms with Crippen molar-refractivity contribution in [1.29, 1.82) is 0 Å². The molecule has 0 amide bonds. The zero-order valence-corrected chi connectivity index (χ0v) is 15.2. The zero-order valence-electron chi connectivity index (χ0n) is 14.4. The molecule has 6 atom stereocenters. The molecule has 23 heavy (non-hydrogen) atoms. The minimum atomic E-state index is -2.20. The highest BCUT2D eigenvalue weighted by molar-refractivity contribution is 7.33. The van der Waals surface area contributed by atoms with Crippen LogP contribution in [0.15, 0.2) is 12.8 Å². The smallest absolute Gasteiger partial charge is 0.365 e. The van der Waals surface area contributed by atoms with Crippen molar-refractivity contribution in [1.82, 2.24) is 5.32 Å². The second-order valence-corrected chi connectivity index (χ2v) is 7.52. The number of rotatable bonds is 8. The molecule has 0 aromatic rings. The predicted octanol–water partition coefficient (Wildman–Crippen LogP) is 2.70. The predicted molar refractivity (Wildman–Crippen MR) is 84.8 cm³/mol. The fourth-order valence-corrected chi connectivity index (χ4v) is 3.33. The SMILES string of the molecule is C=CN[C@@H]1OC(CO[P+](=O)O[C@H](C)C(C)C)[C@H]2OC(C)(C)O[C@@H]12. The molecule has 0 aliphatic carbocycles. The van der Waals surface area contributed by atoms with E-state index in [4.69, 9.17) is 23.3 Å². The molecule has 2 aliphatic rings. The summed E-state index contributed by atoms with van der Waals surface area (Å²) in [5, 5.41) is 3.00. The Morgan fingerprint density at radius 1 is 1.30 bits per heavy atom. The first-order chi connectivity index (χ1) is 10.7. The van der Waals surface area contributed by atoms with Gasteiger partial charge in [0.25, 0.3) is 0 Å². The first-order valence-corrected chi connectivity index (χ1v) is 8.98. The van der Waals surface area contributed by atoms with E-state index >= 15 is 0 Å². The van der Waals surface area contributed by atoms with Gasteiger partial charge in [-0.1, -0.05) is 20.4 Å². The maximum Gasteiger partial charge on any atom is 0.697 e. The molecule has 0 radical (unpaired) electrons. The lowest BCUT2D eigenvalue weighted by Crippen LogP contribution is -2.37. The molecule has 0 aromatic carbocycles. The van der Waals surface area contributed by atoms with Crippen LogP contribution in [0.5, 0.6) is 0 Å². The molecule has 2 rings (SSSR count). The van der Waals surface area contributed by atoms with Gasteiger partial charge in [0.1, 0.15) is 31.0 Å². The van der Waals surface area contributed by atoms with E-state index in [2.05, 4.69) is 11.9 Å². The Hall–Kier alpha value is -0.560. The van der Waals surface area contributed by atoms with Crippen LogP contribution in [0, 0.1) is 5.92 Å². The Bertz CT molecular complexity index is 444. The van der Waals surface area contributed by atoms with Gasteiger partial charge in [-0.05, 0) is 32.9 Å². The molecule has 0 saturated carbocycles. The Labute approximate surface area is 138 Å². The summed E-state index contributed by atoms with van der Waals surface area (Å²) in [7, 11) is -2.20. The van der Waals surface area contributed by atoms with Crippen molar-refractivity contribution in [2.75, 3.05) is 6.61 Å². The molecular formula is C15H27NO6P+. The fraction of sp³-hybridized carbons (Fsp3) is 0.867. The van der Waals surface area contributed by atoms with Gasteiger partial charge < -0.3 is 19.5 Å². The summed E-state index contributed by atoms with van der Waals surface area (Å²) >= 11 is 0. The van der Waals surface area contributed by atoms with Crippen LogP contribution >= 0.6 is 8.25 Å². The van der Waals surface area contributed by atoms with Crippen LogP contribution in [0.25, 0.3) is 0 Å². The summed E-state index contributed by atoms with van der Waals surface area (Å²) in [5.74, 6) is -0.429. The van der Waals surface area contributed by atoms with E-state index in [1.807, 2.05) is 34.6 Å². The van der Waals surface area contributed by atoms with E-state index in [9.17, 15) is 4.57 Å². The van der Waals surface area contributed by atoms with E-state index in [0.717, 1.165) is 0 Å². The molecule has 2 heterocycles. The van der Waals surface area contributed by atoms with Crippen LogP contribution in [0.4, 0.5) is 0 Å². The second-order valence-electron chi connectivity index (χ2n) is 6.60. The molecule has 2 saturated heterocycles. The average molecular weight is 348 g/mol. The molecule has 2 fully saturated rings. The number of ether oxygens (including phenoxy) is 3. The summed E-state index contributed by atoms with van der Waals surface area (Å²) in [6, 6.07) is 0. The fourth-order valence-electron chi connectivity index (χ4n) is 2.49. The van der Waals surface area contributed by atoms with Crippen molar-refractivity contribution in [2.45, 2.75) is 71.0 Å². The topological polar surface area (TPSA) is 75.3 Å². The third-order valence-electron chi connectivity index (χ3n) is 3.97. The van der Waals surface area contributed by atoms with Gasteiger partial charge in [-0.3, -0.25) is 0 Å². The number of fused-ring (bicyclic) bond motifs is 1. The summed E-state index contributed by atoms with van der Waals surface area (Å²) in [6.45, 7) is 13.3. The minimum Gasteiger partial charge on any atom is -0.365 e. The highest BCUT2D eigenvalue weighted by Crippen LogP contribution is 2.39. The Morgan fingerprint density at radius 3 is 2.57 bits per heavy atom. The van der Waals surface area contributed by atoms with Gasteiger partial charge in [0, 0.05) is 4.57 Å². The van der Waals surface area contributed by atoms with Gasteiger partial charge in [0.15, 0.2) is 12.0 Å². The number of nitrogens with one attached hydrogen (secondary N) is 1. The summed E-state index contributed by atoms with van der Waals surface area (Å²) in [4.78, 5) is 0. The quantitative estimate of drug-likeness (QED) is 0.676. The molecule has 0 bridgehead atoms. The molecule has 0 spiro atoms. The summed E-state index contributed by atoms with van der Waals surface area (Å²) < 4.78 is 40.1. The molecule has 2 aliphatic heterocycles. The van der Waals surface area contributed by atoms with Crippen molar-refractivity contribution in [3.63, 3.8) is 0 Å². The van der Waals surface area contributed by atoms with Crippen molar-refractivity contribution < 1.29 is 27.8 Å². The molecule has 7 nitrogen and oxygen atoms in total. The van der Waals surface area contributed by atoms with Gasteiger partial charge in [0.2, 0.25) is 0 Å². The van der Waals surface area contributed by atoms with Crippen LogP contribution in [0.2, 0.25) is 0 Å². The van der Waals surface area contributed by atoms with Gasteiger partial charge in [-0.25, -0.2) is 0 Å². The average Bonchev–Trinajstić information content (AvgIpc) is 2.91. The normalized spacial score (nSPS) is 34.3. The lowest BCUT2D eigenvalue weighted by molar-refractivity contribution is -0.191. The Balaban J connectivity index is 1.89. The third-order valence-corrected chi connectivity index (χ3v) is 4.83. The van der Waals surface area contributed by atoms with Crippen molar-refractivity contribution in [3.05, 3.63) is 12.8 Å². The van der Waals surface area contributed by atoms with Crippen molar-refractivity contribution in [2.24, 2.45) is 5.92 Å². The van der Waals surface area contributed by atoms with Gasteiger partial charge in [0.05, 0.1) is 0 Å². The molecule has 8 heteroatoms. The second kappa shape index (κ2) is 7.55. The maximum absolute atomic E-state index is 11.9. The van der Waals surface area contributed by atoms with E-state index in [-0.39, 0.29) is 37.1 Å². The summed E-state index contributed by atoms with van der Waals surface area (Å²) in [5.41, 5.74) is 0. The van der Waals surface area contributed by atoms with Crippen LogP contribution in [-0.4, -0.2) is 43.0 Å². The molecule has 132 valence electrons. The monoisotopic (exact) mass is 348 g/mol. The molecule has 1 N–H and O–H groups in total. The Kier molecular flexibility index (Phi) is 6.16. The van der Waals surface area contributed by atoms with Crippen molar-refractivity contribution in [3.8, 4) is 0 Å². The van der Waals surface area contributed by atoms with Gasteiger partial charge in [-0.15, -0.1) is 9.05 Å². The van der Waals surface area contributed by atoms with Crippen LogP contribution in [-0.2, 0) is 27.8 Å².